The van der Waals surface area contributed by atoms with Gasteiger partial charge in [0.15, 0.2) is 6.71 Å². The number of anilines is 1. The predicted molar refractivity (Wildman–Crippen MR) is 176 cm³/mol. The van der Waals surface area contributed by atoms with Crippen LogP contribution in [0.15, 0.2) is 109 Å². The number of benzene rings is 4. The van der Waals surface area contributed by atoms with E-state index in [1.54, 1.807) is 0 Å². The molecule has 1 aliphatic rings. The number of allylic oxidation sites excluding steroid dienone is 2. The Labute approximate surface area is 273 Å². The van der Waals surface area contributed by atoms with Crippen molar-refractivity contribution >= 4 is 50.6 Å². The molecule has 4 aromatic carbocycles. The number of aromatic nitrogens is 2. The van der Waals surface area contributed by atoms with E-state index < -0.39 is 0 Å². The van der Waals surface area contributed by atoms with Gasteiger partial charge in [-0.05, 0) is 74.8 Å². The van der Waals surface area contributed by atoms with Gasteiger partial charge >= 0.3 is 0 Å². The number of aryl methyl sites for hydroxylation is 1. The van der Waals surface area contributed by atoms with E-state index in [0.717, 1.165) is 49.8 Å². The van der Waals surface area contributed by atoms with Crippen LogP contribution >= 0.6 is 0 Å². The fourth-order valence-corrected chi connectivity index (χ4v) is 6.05. The second-order valence-corrected chi connectivity index (χ2v) is 11.1. The fourth-order valence-electron chi connectivity index (χ4n) is 6.05. The van der Waals surface area contributed by atoms with Crippen molar-refractivity contribution in [3.05, 3.63) is 139 Å². The largest absolute Gasteiger partial charge is 0.508 e. The van der Waals surface area contributed by atoms with Crippen LogP contribution in [0.3, 0.4) is 0 Å². The summed E-state index contributed by atoms with van der Waals surface area (Å²) in [6.45, 7) is 8.36. The first-order valence-corrected chi connectivity index (χ1v) is 14.4. The number of nitriles is 1. The van der Waals surface area contributed by atoms with Crippen molar-refractivity contribution < 1.29 is 21.1 Å². The van der Waals surface area contributed by atoms with Crippen LogP contribution in [-0.4, -0.2) is 28.2 Å². The van der Waals surface area contributed by atoms with E-state index in [1.165, 1.54) is 16.9 Å². The fraction of sp³-hybridized carbons (Fsp3) is 0.108. The first-order chi connectivity index (χ1) is 20.9. The molecule has 2 aromatic heterocycles. The van der Waals surface area contributed by atoms with Gasteiger partial charge in [-0.2, -0.15) is 65.3 Å². The number of hydrogen-bond acceptors (Lipinski definition) is 4. The number of hydrogen-bond donors (Lipinski definition) is 0. The summed E-state index contributed by atoms with van der Waals surface area (Å²) >= 11 is 0. The Morgan fingerprint density at radius 3 is 2.34 bits per heavy atom. The predicted octanol–water partition coefficient (Wildman–Crippen LogP) is 5.60. The van der Waals surface area contributed by atoms with Gasteiger partial charge in [0, 0.05) is 38.5 Å². The molecule has 0 atom stereocenters. The van der Waals surface area contributed by atoms with Crippen molar-refractivity contribution in [2.75, 3.05) is 11.9 Å². The van der Waals surface area contributed by atoms with Crippen molar-refractivity contribution in [2.45, 2.75) is 20.8 Å². The number of rotatable bonds is 5. The van der Waals surface area contributed by atoms with Crippen LogP contribution in [0.1, 0.15) is 25.0 Å². The number of fused-ring (bicyclic) bond motifs is 3. The standard InChI is InChI=1S/C37H29BN5.Pt/c1-25-17-18-40-37(19-25)43-35-16-13-28(23-39)20-34(35)33-15-14-31(22-36(33)43)38(29-9-6-5-7-10-29)30-11-8-12-32(21-30)42-24-41(4)26(2)27(42)3;/h5-20,24H,1-4H3;/q-3;. The second-order valence-electron chi connectivity index (χ2n) is 11.1. The third kappa shape index (κ3) is 5.02. The maximum absolute atomic E-state index is 9.65. The average Bonchev–Trinajstić information content (AvgIpc) is 3.49. The van der Waals surface area contributed by atoms with Crippen LogP contribution in [0.25, 0.3) is 27.6 Å². The van der Waals surface area contributed by atoms with Gasteiger partial charge in [0.2, 0.25) is 0 Å². The summed E-state index contributed by atoms with van der Waals surface area (Å²) in [5.74, 6) is 0.828. The van der Waals surface area contributed by atoms with Crippen LogP contribution in [0.2, 0.25) is 0 Å². The Balaban J connectivity index is 0.00000343. The summed E-state index contributed by atoms with van der Waals surface area (Å²) in [6.07, 6.45) is 1.84. The van der Waals surface area contributed by atoms with Crippen molar-refractivity contribution in [1.82, 2.24) is 14.5 Å². The van der Waals surface area contributed by atoms with E-state index in [0.29, 0.717) is 5.56 Å². The van der Waals surface area contributed by atoms with Gasteiger partial charge in [-0.3, -0.25) is 0 Å². The molecule has 0 bridgehead atoms. The first kappa shape index (κ1) is 29.5. The molecular weight excluding hydrogens is 720 g/mol. The first-order valence-electron chi connectivity index (χ1n) is 14.4. The summed E-state index contributed by atoms with van der Waals surface area (Å²) < 4.78 is 2.16. The van der Waals surface area contributed by atoms with Gasteiger partial charge in [0.1, 0.15) is 5.82 Å². The quantitative estimate of drug-likeness (QED) is 0.170. The third-order valence-electron chi connectivity index (χ3n) is 8.48. The molecule has 0 saturated carbocycles. The molecular formula is C37H29BN5Pt-3. The Morgan fingerprint density at radius 2 is 1.61 bits per heavy atom. The Bertz CT molecular complexity index is 2090. The summed E-state index contributed by atoms with van der Waals surface area (Å²) in [4.78, 5) is 9.08. The minimum absolute atomic E-state index is 0. The van der Waals surface area contributed by atoms with E-state index in [9.17, 15) is 5.26 Å². The van der Waals surface area contributed by atoms with Crippen molar-refractivity contribution in [3.63, 3.8) is 0 Å². The normalized spacial score (nSPS) is 13.0. The summed E-state index contributed by atoms with van der Waals surface area (Å²) in [5, 5.41) is 11.7. The Kier molecular flexibility index (Phi) is 7.93. The maximum Gasteiger partial charge on any atom is 0.191 e. The summed E-state index contributed by atoms with van der Waals surface area (Å²) in [7, 11) is 2.07. The smallest absolute Gasteiger partial charge is 0.191 e. The number of nitrogens with zero attached hydrogens (tertiary/aromatic N) is 5. The molecule has 0 fully saturated rings. The molecule has 0 amide bonds. The van der Waals surface area contributed by atoms with Crippen molar-refractivity contribution in [1.29, 1.82) is 5.26 Å². The van der Waals surface area contributed by atoms with Crippen molar-refractivity contribution in [3.8, 4) is 11.9 Å². The molecule has 7 rings (SSSR count). The van der Waals surface area contributed by atoms with Crippen LogP contribution < -0.4 is 21.3 Å². The van der Waals surface area contributed by atoms with Gasteiger partial charge in [-0.25, -0.2) is 4.98 Å². The minimum Gasteiger partial charge on any atom is -0.508 e. The number of pyridine rings is 1. The molecule has 7 heteroatoms. The molecule has 0 N–H and O–H groups in total. The Morgan fingerprint density at radius 1 is 0.818 bits per heavy atom. The van der Waals surface area contributed by atoms with E-state index in [-0.39, 0.29) is 27.8 Å². The molecule has 1 aliphatic heterocycles. The van der Waals surface area contributed by atoms with Crippen LogP contribution in [0, 0.1) is 37.1 Å². The molecule has 0 unspecified atom stereocenters. The topological polar surface area (TPSA) is 48.1 Å². The van der Waals surface area contributed by atoms with Crippen molar-refractivity contribution in [2.24, 2.45) is 0 Å². The van der Waals surface area contributed by atoms with Crippen LogP contribution in [0.5, 0.6) is 0 Å². The molecule has 44 heavy (non-hydrogen) atoms. The molecule has 5 nitrogen and oxygen atoms in total. The van der Waals surface area contributed by atoms with E-state index in [4.69, 9.17) is 4.98 Å². The molecule has 0 saturated heterocycles. The zero-order chi connectivity index (χ0) is 29.7. The van der Waals surface area contributed by atoms with Crippen LogP contribution in [-0.2, 0) is 21.1 Å². The van der Waals surface area contributed by atoms with E-state index in [1.807, 2.05) is 36.5 Å². The van der Waals surface area contributed by atoms with Crippen LogP contribution in [0.4, 0.5) is 5.69 Å². The van der Waals surface area contributed by atoms with E-state index >= 15 is 0 Å². The Hall–Kier alpha value is -4.59. The average molecular weight is 750 g/mol. The molecule has 0 radical (unpaired) electrons. The maximum atomic E-state index is 9.65. The molecule has 6 aromatic rings. The van der Waals surface area contributed by atoms with Gasteiger partial charge in [0.05, 0.1) is 11.6 Å². The van der Waals surface area contributed by atoms with Gasteiger partial charge < -0.3 is 14.4 Å². The molecule has 0 spiro atoms. The molecule has 3 heterocycles. The minimum atomic E-state index is -0.0946. The molecule has 0 aliphatic carbocycles. The summed E-state index contributed by atoms with van der Waals surface area (Å²) in [5.41, 5.74) is 10.4. The zero-order valence-electron chi connectivity index (χ0n) is 24.9. The van der Waals surface area contributed by atoms with Gasteiger partial charge in [-0.1, -0.05) is 41.3 Å². The SMILES string of the molecule is CC1=C(C)N(c2[c-]c(B(c3[c-]c4c(cc3)c3cc(C#N)ccc3n4-c3cc(C)ccn3)c3ccccc3)ccc2)[CH-]N1C.[Pt]. The van der Waals surface area contributed by atoms with Gasteiger partial charge in [-0.15, -0.1) is 11.1 Å². The second kappa shape index (κ2) is 11.8. The summed E-state index contributed by atoms with van der Waals surface area (Å²) in [6, 6.07) is 41.1. The van der Waals surface area contributed by atoms with Gasteiger partial charge in [0.25, 0.3) is 0 Å². The monoisotopic (exact) mass is 749 g/mol. The van der Waals surface area contributed by atoms with E-state index in [2.05, 4.69) is 128 Å². The zero-order valence-corrected chi connectivity index (χ0v) is 27.2. The third-order valence-corrected chi connectivity index (χ3v) is 8.48. The molecule has 218 valence electrons.